The molecule has 0 amide bonds. The summed E-state index contributed by atoms with van der Waals surface area (Å²) in [5, 5.41) is 9.66. The number of fused-ring (bicyclic) bond motifs is 2. The van der Waals surface area contributed by atoms with E-state index in [9.17, 15) is 5.11 Å². The zero-order valence-electron chi connectivity index (χ0n) is 7.28. The van der Waals surface area contributed by atoms with E-state index in [4.69, 9.17) is 9.47 Å². The van der Waals surface area contributed by atoms with Gasteiger partial charge in [0.05, 0.1) is 19.3 Å². The smallest absolute Gasteiger partial charge is 0.171 e. The van der Waals surface area contributed by atoms with Gasteiger partial charge in [0.2, 0.25) is 0 Å². The number of aliphatic hydroxyl groups excluding tert-OH is 1. The van der Waals surface area contributed by atoms with Crippen molar-refractivity contribution >= 4 is 15.9 Å². The molecule has 1 spiro atoms. The average molecular weight is 249 g/mol. The Morgan fingerprint density at radius 2 is 2.00 bits per heavy atom. The molecule has 3 rings (SSSR count). The van der Waals surface area contributed by atoms with Crippen LogP contribution in [0.4, 0.5) is 0 Å². The Morgan fingerprint density at radius 1 is 1.31 bits per heavy atom. The molecule has 4 atom stereocenters. The van der Waals surface area contributed by atoms with E-state index in [0.29, 0.717) is 25.0 Å². The summed E-state index contributed by atoms with van der Waals surface area (Å²) in [5.74, 6) is 0.649. The maximum Gasteiger partial charge on any atom is 0.171 e. The number of hydrogen-bond acceptors (Lipinski definition) is 3. The van der Waals surface area contributed by atoms with Crippen molar-refractivity contribution in [2.45, 2.75) is 29.6 Å². The van der Waals surface area contributed by atoms with Crippen molar-refractivity contribution in [2.75, 3.05) is 13.2 Å². The van der Waals surface area contributed by atoms with Crippen LogP contribution in [0, 0.1) is 11.8 Å². The first-order valence-electron chi connectivity index (χ1n) is 4.83. The van der Waals surface area contributed by atoms with Gasteiger partial charge >= 0.3 is 0 Å². The molecule has 1 heterocycles. The van der Waals surface area contributed by atoms with E-state index >= 15 is 0 Å². The summed E-state index contributed by atoms with van der Waals surface area (Å²) in [5.41, 5.74) is 0. The predicted octanol–water partition coefficient (Wildman–Crippen LogP) is 0.894. The number of hydrogen-bond donors (Lipinski definition) is 1. The van der Waals surface area contributed by atoms with E-state index in [1.54, 1.807) is 0 Å². The fourth-order valence-electron chi connectivity index (χ4n) is 2.95. The molecule has 0 unspecified atom stereocenters. The molecule has 0 bridgehead atoms. The summed E-state index contributed by atoms with van der Waals surface area (Å²) >= 11 is 3.53. The first-order valence-corrected chi connectivity index (χ1v) is 5.74. The van der Waals surface area contributed by atoms with Crippen LogP contribution in [0.25, 0.3) is 0 Å². The van der Waals surface area contributed by atoms with Gasteiger partial charge in [-0.15, -0.1) is 0 Å². The van der Waals surface area contributed by atoms with E-state index < -0.39 is 0 Å². The van der Waals surface area contributed by atoms with Crippen LogP contribution in [-0.4, -0.2) is 35.0 Å². The van der Waals surface area contributed by atoms with Gasteiger partial charge in [0.15, 0.2) is 5.79 Å². The van der Waals surface area contributed by atoms with Gasteiger partial charge in [-0.25, -0.2) is 0 Å². The Bertz CT molecular complexity index is 227. The van der Waals surface area contributed by atoms with Crippen molar-refractivity contribution in [3.05, 3.63) is 0 Å². The lowest BCUT2D eigenvalue weighted by Crippen LogP contribution is -2.54. The van der Waals surface area contributed by atoms with E-state index in [1.165, 1.54) is 0 Å². The van der Waals surface area contributed by atoms with Crippen molar-refractivity contribution in [3.63, 3.8) is 0 Å². The Balaban J connectivity index is 1.79. The summed E-state index contributed by atoms with van der Waals surface area (Å²) < 4.78 is 11.3. The van der Waals surface area contributed by atoms with Crippen LogP contribution in [0.2, 0.25) is 0 Å². The minimum atomic E-state index is -0.311. The van der Waals surface area contributed by atoms with Crippen LogP contribution in [-0.2, 0) is 9.47 Å². The van der Waals surface area contributed by atoms with E-state index in [0.717, 1.165) is 12.8 Å². The minimum absolute atomic E-state index is 0.220. The summed E-state index contributed by atoms with van der Waals surface area (Å²) in [6.07, 6.45) is 1.55. The molecule has 4 heteroatoms. The SMILES string of the molecule is O[C@H]1C[C@@H]2[C@@H](CC23OCCO3)[C@@H]1Br. The third-order valence-electron chi connectivity index (χ3n) is 3.65. The quantitative estimate of drug-likeness (QED) is 0.648. The largest absolute Gasteiger partial charge is 0.392 e. The molecule has 13 heavy (non-hydrogen) atoms. The molecule has 0 aromatic rings. The lowest BCUT2D eigenvalue weighted by molar-refractivity contribution is -0.266. The summed E-state index contributed by atoms with van der Waals surface area (Å²) in [6, 6.07) is 0. The molecule has 0 radical (unpaired) electrons. The number of halogens is 1. The van der Waals surface area contributed by atoms with Crippen molar-refractivity contribution in [2.24, 2.45) is 11.8 Å². The molecule has 3 fully saturated rings. The first kappa shape index (κ1) is 8.65. The van der Waals surface area contributed by atoms with Crippen LogP contribution in [0.3, 0.4) is 0 Å². The molecule has 3 aliphatic rings. The third-order valence-corrected chi connectivity index (χ3v) is 4.94. The Morgan fingerprint density at radius 3 is 2.62 bits per heavy atom. The van der Waals surface area contributed by atoms with Gasteiger partial charge in [-0.3, -0.25) is 0 Å². The van der Waals surface area contributed by atoms with Crippen molar-refractivity contribution < 1.29 is 14.6 Å². The van der Waals surface area contributed by atoms with E-state index in [2.05, 4.69) is 15.9 Å². The highest BCUT2D eigenvalue weighted by atomic mass is 79.9. The van der Waals surface area contributed by atoms with E-state index in [1.807, 2.05) is 0 Å². The number of aliphatic hydroxyl groups is 1. The maximum absolute atomic E-state index is 9.66. The lowest BCUT2D eigenvalue weighted by Gasteiger charge is -2.48. The predicted molar refractivity (Wildman–Crippen MR) is 49.6 cm³/mol. The zero-order chi connectivity index (χ0) is 9.05. The van der Waals surface area contributed by atoms with Crippen molar-refractivity contribution in [3.8, 4) is 0 Å². The highest BCUT2D eigenvalue weighted by Gasteiger charge is 2.64. The topological polar surface area (TPSA) is 38.7 Å². The van der Waals surface area contributed by atoms with Crippen LogP contribution < -0.4 is 0 Å². The third kappa shape index (κ3) is 1.00. The Kier molecular flexibility index (Phi) is 1.79. The summed E-state index contributed by atoms with van der Waals surface area (Å²) in [7, 11) is 0. The van der Waals surface area contributed by atoms with Crippen molar-refractivity contribution in [1.82, 2.24) is 0 Å². The second-order valence-electron chi connectivity index (χ2n) is 4.23. The van der Waals surface area contributed by atoms with E-state index in [-0.39, 0.29) is 16.7 Å². The van der Waals surface area contributed by atoms with Gasteiger partial charge in [0.1, 0.15) is 0 Å². The maximum atomic E-state index is 9.66. The fourth-order valence-corrected chi connectivity index (χ4v) is 3.73. The molecule has 3 nitrogen and oxygen atoms in total. The molecular weight excluding hydrogens is 236 g/mol. The molecule has 2 saturated carbocycles. The van der Waals surface area contributed by atoms with Crippen LogP contribution >= 0.6 is 15.9 Å². The standard InChI is InChI=1S/C9H13BrO3/c10-8-5-4-9(12-1-2-13-9)6(5)3-7(8)11/h5-8,11H,1-4H2/t5-,6-,7+,8+/m1/s1. The van der Waals surface area contributed by atoms with Gasteiger partial charge in [0.25, 0.3) is 0 Å². The molecule has 1 N–H and O–H groups in total. The number of rotatable bonds is 0. The normalized spacial score (nSPS) is 52.2. The molecule has 0 aromatic heterocycles. The molecule has 0 aromatic carbocycles. The molecule has 2 aliphatic carbocycles. The Hall–Kier alpha value is 0.360. The van der Waals surface area contributed by atoms with Gasteiger partial charge in [-0.05, 0) is 12.3 Å². The Labute approximate surface area is 85.5 Å². The molecule has 1 aliphatic heterocycles. The molecular formula is C9H13BrO3. The zero-order valence-corrected chi connectivity index (χ0v) is 8.87. The minimum Gasteiger partial charge on any atom is -0.392 e. The van der Waals surface area contributed by atoms with Gasteiger partial charge < -0.3 is 14.6 Å². The number of ether oxygens (including phenoxy) is 2. The highest BCUT2D eigenvalue weighted by Crippen LogP contribution is 2.59. The van der Waals surface area contributed by atoms with Crippen LogP contribution in [0.1, 0.15) is 12.8 Å². The average Bonchev–Trinajstić information content (AvgIpc) is 2.65. The second kappa shape index (κ2) is 2.69. The molecule has 1 saturated heterocycles. The first-order chi connectivity index (χ1) is 6.23. The van der Waals surface area contributed by atoms with Crippen LogP contribution in [0.5, 0.6) is 0 Å². The lowest BCUT2D eigenvalue weighted by atomic mass is 9.70. The van der Waals surface area contributed by atoms with Crippen LogP contribution in [0.15, 0.2) is 0 Å². The van der Waals surface area contributed by atoms with Gasteiger partial charge in [-0.2, -0.15) is 0 Å². The monoisotopic (exact) mass is 248 g/mol. The fraction of sp³-hybridized carbons (Fsp3) is 1.00. The van der Waals surface area contributed by atoms with Gasteiger partial charge in [0, 0.05) is 17.2 Å². The van der Waals surface area contributed by atoms with Gasteiger partial charge in [-0.1, -0.05) is 15.9 Å². The molecule has 74 valence electrons. The number of alkyl halides is 1. The summed E-state index contributed by atoms with van der Waals surface area (Å²) in [6.45, 7) is 1.43. The second-order valence-corrected chi connectivity index (χ2v) is 5.29. The summed E-state index contributed by atoms with van der Waals surface area (Å²) in [4.78, 5) is 0.246. The van der Waals surface area contributed by atoms with Crippen molar-refractivity contribution in [1.29, 1.82) is 0 Å². The highest BCUT2D eigenvalue weighted by molar-refractivity contribution is 9.09.